The maximum Gasteiger partial charge on any atom is 0.201 e. The number of aromatic nitrogens is 4. The fourth-order valence-electron chi connectivity index (χ4n) is 1.07. The van der Waals surface area contributed by atoms with E-state index in [2.05, 4.69) is 20.2 Å². The maximum atomic E-state index is 5.60. The fourth-order valence-corrected chi connectivity index (χ4v) is 1.50. The highest BCUT2D eigenvalue weighted by Gasteiger charge is 2.07. The van der Waals surface area contributed by atoms with Crippen LogP contribution in [0.2, 0.25) is 0 Å². The second kappa shape index (κ2) is 4.22. The highest BCUT2D eigenvalue weighted by Crippen LogP contribution is 2.19. The van der Waals surface area contributed by atoms with Gasteiger partial charge in [0, 0.05) is 6.20 Å². The van der Waals surface area contributed by atoms with E-state index >= 15 is 0 Å². The minimum absolute atomic E-state index is 0.349. The summed E-state index contributed by atoms with van der Waals surface area (Å²) >= 11 is 1.44. The first-order chi connectivity index (χ1) is 7.31. The number of rotatable bonds is 2. The van der Waals surface area contributed by atoms with Crippen LogP contribution in [0.3, 0.4) is 0 Å². The lowest BCUT2D eigenvalue weighted by molar-refractivity contribution is 0.922. The lowest BCUT2D eigenvalue weighted by atomic mass is 10.3. The number of nitrogens with zero attached hydrogens (tertiary/aromatic N) is 4. The third kappa shape index (κ3) is 2.04. The highest BCUT2D eigenvalue weighted by molar-refractivity contribution is 7.98. The Labute approximate surface area is 91.2 Å². The lowest BCUT2D eigenvalue weighted by Gasteiger charge is -2.01. The monoisotopic (exact) mass is 219 g/mol. The average Bonchev–Trinajstić information content (AvgIpc) is 2.31. The van der Waals surface area contributed by atoms with Crippen LogP contribution < -0.4 is 5.73 Å². The van der Waals surface area contributed by atoms with Gasteiger partial charge in [-0.25, -0.2) is 4.98 Å². The molecule has 0 bridgehead atoms. The minimum Gasteiger partial charge on any atom is -0.380 e. The first-order valence-corrected chi connectivity index (χ1v) is 5.49. The molecule has 2 aromatic rings. The number of hydrogen-bond acceptors (Lipinski definition) is 6. The molecule has 0 aliphatic rings. The molecule has 0 aromatic carbocycles. The Morgan fingerprint density at radius 2 is 2.13 bits per heavy atom. The van der Waals surface area contributed by atoms with Gasteiger partial charge in [-0.2, -0.15) is 0 Å². The van der Waals surface area contributed by atoms with Gasteiger partial charge >= 0.3 is 0 Å². The summed E-state index contributed by atoms with van der Waals surface area (Å²) in [6, 6.07) is 5.54. The van der Waals surface area contributed by atoms with Gasteiger partial charge < -0.3 is 5.73 Å². The molecule has 0 aliphatic heterocycles. The SMILES string of the molecule is CSc1nc(-c2ccccn2)nnc1N. The van der Waals surface area contributed by atoms with Gasteiger partial charge in [0.15, 0.2) is 5.82 Å². The van der Waals surface area contributed by atoms with Crippen molar-refractivity contribution in [1.82, 2.24) is 20.2 Å². The number of nitrogens with two attached hydrogens (primary N) is 1. The van der Waals surface area contributed by atoms with Crippen molar-refractivity contribution in [2.24, 2.45) is 0 Å². The van der Waals surface area contributed by atoms with Crippen LogP contribution in [-0.4, -0.2) is 26.4 Å². The average molecular weight is 219 g/mol. The first-order valence-electron chi connectivity index (χ1n) is 4.27. The van der Waals surface area contributed by atoms with Crippen molar-refractivity contribution < 1.29 is 0 Å². The highest BCUT2D eigenvalue weighted by atomic mass is 32.2. The zero-order valence-corrected chi connectivity index (χ0v) is 8.90. The van der Waals surface area contributed by atoms with E-state index in [1.165, 1.54) is 11.8 Å². The molecule has 0 amide bonds. The van der Waals surface area contributed by atoms with E-state index in [1.807, 2.05) is 24.5 Å². The van der Waals surface area contributed by atoms with E-state index in [9.17, 15) is 0 Å². The van der Waals surface area contributed by atoms with Crippen molar-refractivity contribution in [2.75, 3.05) is 12.0 Å². The molecule has 0 saturated carbocycles. The van der Waals surface area contributed by atoms with Crippen molar-refractivity contribution in [3.63, 3.8) is 0 Å². The van der Waals surface area contributed by atoms with Gasteiger partial charge in [-0.15, -0.1) is 22.0 Å². The maximum absolute atomic E-state index is 5.60. The second-order valence-electron chi connectivity index (χ2n) is 2.74. The first kappa shape index (κ1) is 9.85. The Morgan fingerprint density at radius 1 is 1.27 bits per heavy atom. The summed E-state index contributed by atoms with van der Waals surface area (Å²) in [7, 11) is 0. The van der Waals surface area contributed by atoms with Gasteiger partial charge in [0.05, 0.1) is 0 Å². The van der Waals surface area contributed by atoms with Crippen LogP contribution in [0.25, 0.3) is 11.5 Å². The van der Waals surface area contributed by atoms with Crippen molar-refractivity contribution in [1.29, 1.82) is 0 Å². The Bertz CT molecular complexity index is 459. The number of hydrogen-bond donors (Lipinski definition) is 1. The Morgan fingerprint density at radius 3 is 2.80 bits per heavy atom. The molecule has 0 fully saturated rings. The van der Waals surface area contributed by atoms with Gasteiger partial charge in [-0.3, -0.25) is 4.98 Å². The molecule has 2 N–H and O–H groups in total. The van der Waals surface area contributed by atoms with Gasteiger partial charge in [0.2, 0.25) is 5.82 Å². The molecule has 0 saturated heterocycles. The normalized spacial score (nSPS) is 10.2. The molecule has 15 heavy (non-hydrogen) atoms. The van der Waals surface area contributed by atoms with Crippen LogP contribution in [0.15, 0.2) is 29.4 Å². The molecular weight excluding hydrogens is 210 g/mol. The van der Waals surface area contributed by atoms with Crippen LogP contribution in [0.5, 0.6) is 0 Å². The topological polar surface area (TPSA) is 77.6 Å². The van der Waals surface area contributed by atoms with Crippen LogP contribution in [-0.2, 0) is 0 Å². The second-order valence-corrected chi connectivity index (χ2v) is 3.54. The Kier molecular flexibility index (Phi) is 2.77. The number of anilines is 1. The van der Waals surface area contributed by atoms with E-state index in [1.54, 1.807) is 6.20 Å². The van der Waals surface area contributed by atoms with E-state index < -0.39 is 0 Å². The summed E-state index contributed by atoms with van der Waals surface area (Å²) in [5.74, 6) is 0.844. The van der Waals surface area contributed by atoms with Crippen LogP contribution in [0.4, 0.5) is 5.82 Å². The third-order valence-corrected chi connectivity index (χ3v) is 2.45. The van der Waals surface area contributed by atoms with Crippen molar-refractivity contribution >= 4 is 17.6 Å². The van der Waals surface area contributed by atoms with Crippen molar-refractivity contribution in [3.05, 3.63) is 24.4 Å². The third-order valence-electron chi connectivity index (χ3n) is 1.77. The molecular formula is C9H9N5S. The van der Waals surface area contributed by atoms with Gasteiger partial charge in [0.1, 0.15) is 10.7 Å². The molecule has 0 spiro atoms. The van der Waals surface area contributed by atoms with Crippen LogP contribution in [0, 0.1) is 0 Å². The van der Waals surface area contributed by atoms with Gasteiger partial charge in [-0.05, 0) is 18.4 Å². The van der Waals surface area contributed by atoms with E-state index in [-0.39, 0.29) is 0 Å². The molecule has 0 aliphatic carbocycles. The molecule has 0 atom stereocenters. The number of nitrogen functional groups attached to an aromatic ring is 1. The molecule has 2 aromatic heterocycles. The molecule has 0 radical (unpaired) electrons. The Hall–Kier alpha value is -1.69. The summed E-state index contributed by atoms with van der Waals surface area (Å²) < 4.78 is 0. The van der Waals surface area contributed by atoms with Crippen LogP contribution >= 0.6 is 11.8 Å². The molecule has 6 heteroatoms. The molecule has 5 nitrogen and oxygen atoms in total. The summed E-state index contributed by atoms with van der Waals surface area (Å²) in [5.41, 5.74) is 6.30. The standard InChI is InChI=1S/C9H9N5S/c1-15-9-7(10)13-14-8(12-9)6-4-2-3-5-11-6/h2-5H,1H3,(H2,10,13). The zero-order chi connectivity index (χ0) is 10.7. The predicted molar refractivity (Wildman–Crippen MR) is 59.3 cm³/mol. The summed E-state index contributed by atoms with van der Waals surface area (Å²) in [6.07, 6.45) is 3.58. The number of pyridine rings is 1. The number of thioether (sulfide) groups is 1. The van der Waals surface area contributed by atoms with E-state index in [0.717, 1.165) is 0 Å². The van der Waals surface area contributed by atoms with Gasteiger partial charge in [-0.1, -0.05) is 6.07 Å². The fraction of sp³-hybridized carbons (Fsp3) is 0.111. The largest absolute Gasteiger partial charge is 0.380 e. The summed E-state index contributed by atoms with van der Waals surface area (Å²) in [4.78, 5) is 8.40. The molecule has 0 unspecified atom stereocenters. The smallest absolute Gasteiger partial charge is 0.201 e. The van der Waals surface area contributed by atoms with Gasteiger partial charge in [0.25, 0.3) is 0 Å². The zero-order valence-electron chi connectivity index (χ0n) is 8.08. The van der Waals surface area contributed by atoms with Crippen LogP contribution in [0.1, 0.15) is 0 Å². The van der Waals surface area contributed by atoms with Crippen molar-refractivity contribution in [3.8, 4) is 11.5 Å². The van der Waals surface area contributed by atoms with E-state index in [4.69, 9.17) is 5.73 Å². The quantitative estimate of drug-likeness (QED) is 0.765. The van der Waals surface area contributed by atoms with Crippen molar-refractivity contribution in [2.45, 2.75) is 5.03 Å². The Balaban J connectivity index is 2.46. The predicted octanol–water partition coefficient (Wildman–Crippen LogP) is 1.24. The molecule has 2 heterocycles. The lowest BCUT2D eigenvalue weighted by Crippen LogP contribution is -2.01. The molecule has 76 valence electrons. The molecule has 2 rings (SSSR count). The summed E-state index contributed by atoms with van der Waals surface area (Å²) in [5, 5.41) is 8.40. The van der Waals surface area contributed by atoms with E-state index in [0.29, 0.717) is 22.4 Å². The minimum atomic E-state index is 0.349. The summed E-state index contributed by atoms with van der Waals surface area (Å²) in [6.45, 7) is 0.